The second kappa shape index (κ2) is 7.83. The Hall–Kier alpha value is -3.55. The molecule has 2 heterocycles. The number of tetrazole rings is 1. The molecule has 0 bridgehead atoms. The second-order valence-corrected chi connectivity index (χ2v) is 7.27. The van der Waals surface area contributed by atoms with Crippen LogP contribution in [-0.2, 0) is 16.1 Å². The third-order valence-corrected chi connectivity index (χ3v) is 5.26. The van der Waals surface area contributed by atoms with Gasteiger partial charge in [0.05, 0.1) is 5.92 Å². The standard InChI is InChI=1S/C21H21N5O3/c1-14-7-9-16(10-8-14)20-22-24-26(23-20)13-19(27)25-11-17(18(12-25)21(28)29)15-5-3-2-4-6-15/h2-10,17-18H,11-13H2,1H3,(H,28,29)/t17-,18-/m0/s1. The molecule has 1 saturated heterocycles. The first-order chi connectivity index (χ1) is 14.0. The normalized spacial score (nSPS) is 18.7. The van der Waals surface area contributed by atoms with Gasteiger partial charge in [0.25, 0.3) is 0 Å². The number of aliphatic carboxylic acids is 1. The number of carbonyl (C=O) groups is 2. The summed E-state index contributed by atoms with van der Waals surface area (Å²) in [6, 6.07) is 17.2. The fourth-order valence-electron chi connectivity index (χ4n) is 3.65. The van der Waals surface area contributed by atoms with E-state index in [9.17, 15) is 14.7 Å². The van der Waals surface area contributed by atoms with Gasteiger partial charge in [0.1, 0.15) is 6.54 Å². The molecule has 8 heteroatoms. The molecule has 0 aliphatic carbocycles. The number of hydrogen-bond donors (Lipinski definition) is 1. The molecule has 8 nitrogen and oxygen atoms in total. The van der Waals surface area contributed by atoms with E-state index in [1.54, 1.807) is 4.90 Å². The van der Waals surface area contributed by atoms with Gasteiger partial charge >= 0.3 is 5.97 Å². The molecule has 0 spiro atoms. The van der Waals surface area contributed by atoms with Crippen LogP contribution in [0.15, 0.2) is 54.6 Å². The van der Waals surface area contributed by atoms with Crippen LogP contribution in [0.3, 0.4) is 0 Å². The zero-order chi connectivity index (χ0) is 20.4. The molecule has 4 rings (SSSR count). The van der Waals surface area contributed by atoms with E-state index in [0.717, 1.165) is 16.7 Å². The molecule has 2 atom stereocenters. The molecule has 1 aromatic heterocycles. The number of likely N-dealkylation sites (tertiary alicyclic amines) is 1. The fourth-order valence-corrected chi connectivity index (χ4v) is 3.65. The number of rotatable bonds is 5. The monoisotopic (exact) mass is 391 g/mol. The van der Waals surface area contributed by atoms with Crippen LogP contribution in [0.25, 0.3) is 11.4 Å². The molecule has 0 saturated carbocycles. The van der Waals surface area contributed by atoms with Gasteiger partial charge in [-0.25, -0.2) is 0 Å². The third kappa shape index (κ3) is 4.01. The van der Waals surface area contributed by atoms with Crippen molar-refractivity contribution in [3.8, 4) is 11.4 Å². The van der Waals surface area contributed by atoms with E-state index >= 15 is 0 Å². The second-order valence-electron chi connectivity index (χ2n) is 7.27. The molecule has 1 aliphatic rings. The van der Waals surface area contributed by atoms with Crippen molar-refractivity contribution in [1.82, 2.24) is 25.1 Å². The number of hydrogen-bond acceptors (Lipinski definition) is 5. The summed E-state index contributed by atoms with van der Waals surface area (Å²) in [6.07, 6.45) is 0. The Morgan fingerprint density at radius 1 is 1.07 bits per heavy atom. The highest BCUT2D eigenvalue weighted by Crippen LogP contribution is 2.33. The number of amides is 1. The lowest BCUT2D eigenvalue weighted by atomic mass is 9.89. The number of aromatic nitrogens is 4. The zero-order valence-corrected chi connectivity index (χ0v) is 16.0. The minimum Gasteiger partial charge on any atom is -0.481 e. The number of carboxylic acid groups (broad SMARTS) is 1. The summed E-state index contributed by atoms with van der Waals surface area (Å²) in [5.74, 6) is -1.53. The van der Waals surface area contributed by atoms with Crippen LogP contribution < -0.4 is 0 Å². The Kier molecular flexibility index (Phi) is 5.07. The van der Waals surface area contributed by atoms with Crippen LogP contribution in [0.4, 0.5) is 0 Å². The molecular formula is C21H21N5O3. The number of carboxylic acids is 1. The van der Waals surface area contributed by atoms with Crippen LogP contribution in [0, 0.1) is 12.8 Å². The maximum Gasteiger partial charge on any atom is 0.308 e. The van der Waals surface area contributed by atoms with E-state index in [1.807, 2.05) is 61.5 Å². The summed E-state index contributed by atoms with van der Waals surface area (Å²) in [7, 11) is 0. The van der Waals surface area contributed by atoms with E-state index in [2.05, 4.69) is 15.4 Å². The Balaban J connectivity index is 1.46. The van der Waals surface area contributed by atoms with E-state index in [4.69, 9.17) is 0 Å². The average Bonchev–Trinajstić information content (AvgIpc) is 3.37. The number of benzene rings is 2. The Morgan fingerprint density at radius 3 is 2.48 bits per heavy atom. The number of nitrogens with zero attached hydrogens (tertiary/aromatic N) is 5. The first-order valence-electron chi connectivity index (χ1n) is 9.41. The van der Waals surface area contributed by atoms with Gasteiger partial charge in [-0.3, -0.25) is 9.59 Å². The average molecular weight is 391 g/mol. The highest BCUT2D eigenvalue weighted by molar-refractivity contribution is 5.79. The van der Waals surface area contributed by atoms with Gasteiger partial charge in [-0.15, -0.1) is 10.2 Å². The molecular weight excluding hydrogens is 370 g/mol. The molecule has 1 N–H and O–H groups in total. The van der Waals surface area contributed by atoms with Crippen molar-refractivity contribution in [3.63, 3.8) is 0 Å². The lowest BCUT2D eigenvalue weighted by Gasteiger charge is -2.16. The SMILES string of the molecule is Cc1ccc(-c2nnn(CC(=O)N3C[C@H](C(=O)O)[C@H](c4ccccc4)C3)n2)cc1. The predicted octanol–water partition coefficient (Wildman–Crippen LogP) is 1.98. The number of aryl methyl sites for hydroxylation is 1. The molecule has 1 amide bonds. The maximum atomic E-state index is 12.8. The minimum atomic E-state index is -0.894. The topological polar surface area (TPSA) is 101 Å². The van der Waals surface area contributed by atoms with Crippen LogP contribution >= 0.6 is 0 Å². The molecule has 29 heavy (non-hydrogen) atoms. The van der Waals surface area contributed by atoms with E-state index < -0.39 is 11.9 Å². The highest BCUT2D eigenvalue weighted by Gasteiger charge is 2.40. The van der Waals surface area contributed by atoms with Crippen molar-refractivity contribution < 1.29 is 14.7 Å². The summed E-state index contributed by atoms with van der Waals surface area (Å²) < 4.78 is 0. The first kappa shape index (κ1) is 18.8. The van der Waals surface area contributed by atoms with Crippen molar-refractivity contribution in [1.29, 1.82) is 0 Å². The lowest BCUT2D eigenvalue weighted by molar-refractivity contribution is -0.141. The zero-order valence-electron chi connectivity index (χ0n) is 16.0. The van der Waals surface area contributed by atoms with Gasteiger partial charge in [-0.1, -0.05) is 60.2 Å². The number of carbonyl (C=O) groups excluding carboxylic acids is 1. The molecule has 1 fully saturated rings. The summed E-state index contributed by atoms with van der Waals surface area (Å²) in [6.45, 7) is 2.45. The van der Waals surface area contributed by atoms with Gasteiger partial charge in [-0.05, 0) is 17.7 Å². The Labute approximate surface area is 167 Å². The molecule has 3 aromatic rings. The largest absolute Gasteiger partial charge is 0.481 e. The van der Waals surface area contributed by atoms with Gasteiger partial charge in [0.15, 0.2) is 0 Å². The lowest BCUT2D eigenvalue weighted by Crippen LogP contribution is -2.33. The van der Waals surface area contributed by atoms with Crippen molar-refractivity contribution in [2.45, 2.75) is 19.4 Å². The molecule has 0 unspecified atom stereocenters. The summed E-state index contributed by atoms with van der Waals surface area (Å²) in [4.78, 5) is 27.3. The third-order valence-electron chi connectivity index (χ3n) is 5.26. The van der Waals surface area contributed by atoms with Gasteiger partial charge in [-0.2, -0.15) is 4.80 Å². The van der Waals surface area contributed by atoms with E-state index in [1.165, 1.54) is 4.80 Å². The Morgan fingerprint density at radius 2 is 1.79 bits per heavy atom. The van der Waals surface area contributed by atoms with E-state index in [0.29, 0.717) is 12.4 Å². The van der Waals surface area contributed by atoms with Crippen LogP contribution in [0.1, 0.15) is 17.0 Å². The molecule has 2 aromatic carbocycles. The van der Waals surface area contributed by atoms with Crippen molar-refractivity contribution in [2.24, 2.45) is 5.92 Å². The van der Waals surface area contributed by atoms with E-state index in [-0.39, 0.29) is 24.9 Å². The minimum absolute atomic E-state index is 0.0767. The van der Waals surface area contributed by atoms with Crippen LogP contribution in [0.5, 0.6) is 0 Å². The van der Waals surface area contributed by atoms with Crippen molar-refractivity contribution in [2.75, 3.05) is 13.1 Å². The summed E-state index contributed by atoms with van der Waals surface area (Å²) >= 11 is 0. The molecule has 148 valence electrons. The maximum absolute atomic E-state index is 12.8. The predicted molar refractivity (Wildman–Crippen MR) is 105 cm³/mol. The highest BCUT2D eigenvalue weighted by atomic mass is 16.4. The smallest absolute Gasteiger partial charge is 0.308 e. The van der Waals surface area contributed by atoms with Crippen LogP contribution in [-0.4, -0.2) is 55.2 Å². The van der Waals surface area contributed by atoms with Gasteiger partial charge in [0, 0.05) is 24.6 Å². The first-order valence-corrected chi connectivity index (χ1v) is 9.41. The van der Waals surface area contributed by atoms with Crippen LogP contribution in [0.2, 0.25) is 0 Å². The summed E-state index contributed by atoms with van der Waals surface area (Å²) in [5, 5.41) is 21.9. The molecule has 0 radical (unpaired) electrons. The summed E-state index contributed by atoms with van der Waals surface area (Å²) in [5.41, 5.74) is 2.88. The van der Waals surface area contributed by atoms with Gasteiger partial charge < -0.3 is 10.0 Å². The van der Waals surface area contributed by atoms with Crippen molar-refractivity contribution in [3.05, 3.63) is 65.7 Å². The quantitative estimate of drug-likeness (QED) is 0.714. The Bertz CT molecular complexity index is 1020. The van der Waals surface area contributed by atoms with Crippen molar-refractivity contribution >= 4 is 11.9 Å². The fraction of sp³-hybridized carbons (Fsp3) is 0.286. The van der Waals surface area contributed by atoms with Gasteiger partial charge in [0.2, 0.25) is 11.7 Å². The molecule has 1 aliphatic heterocycles.